The van der Waals surface area contributed by atoms with Gasteiger partial charge in [-0.25, -0.2) is 4.39 Å². The Morgan fingerprint density at radius 1 is 1.42 bits per heavy atom. The van der Waals surface area contributed by atoms with Gasteiger partial charge in [-0.1, -0.05) is 23.7 Å². The quantitative estimate of drug-likeness (QED) is 0.844. The van der Waals surface area contributed by atoms with Gasteiger partial charge in [-0.15, -0.1) is 0 Å². The molecular formula is C14H14ClFN2O. The Kier molecular flexibility index (Phi) is 4.32. The first kappa shape index (κ1) is 13.7. The van der Waals surface area contributed by atoms with Crippen molar-refractivity contribution in [2.75, 3.05) is 0 Å². The number of rotatable bonds is 5. The lowest BCUT2D eigenvalue weighted by atomic mass is 10.0. The summed E-state index contributed by atoms with van der Waals surface area (Å²) in [5.41, 5.74) is 1.34. The maximum atomic E-state index is 13.6. The number of nitrogens with zero attached hydrogens (tertiary/aromatic N) is 2. The third-order valence-electron chi connectivity index (χ3n) is 3.00. The van der Waals surface area contributed by atoms with Gasteiger partial charge in [-0.2, -0.15) is 5.10 Å². The van der Waals surface area contributed by atoms with E-state index in [9.17, 15) is 9.18 Å². The zero-order valence-corrected chi connectivity index (χ0v) is 11.3. The Labute approximate surface area is 116 Å². The van der Waals surface area contributed by atoms with Crippen LogP contribution in [0.5, 0.6) is 0 Å². The van der Waals surface area contributed by atoms with Crippen LogP contribution in [0.4, 0.5) is 4.39 Å². The molecule has 0 N–H and O–H groups in total. The molecule has 2 rings (SSSR count). The summed E-state index contributed by atoms with van der Waals surface area (Å²) in [4.78, 5) is 11.8. The lowest BCUT2D eigenvalue weighted by molar-refractivity contribution is -0.118. The van der Waals surface area contributed by atoms with Crippen LogP contribution in [0.2, 0.25) is 5.02 Å². The van der Waals surface area contributed by atoms with Crippen molar-refractivity contribution in [1.29, 1.82) is 0 Å². The Hall–Kier alpha value is -1.68. The van der Waals surface area contributed by atoms with E-state index in [2.05, 4.69) is 5.10 Å². The van der Waals surface area contributed by atoms with E-state index in [0.717, 1.165) is 5.69 Å². The molecule has 1 heterocycles. The summed E-state index contributed by atoms with van der Waals surface area (Å²) in [6, 6.07) is 6.58. The van der Waals surface area contributed by atoms with Crippen molar-refractivity contribution in [1.82, 2.24) is 9.78 Å². The summed E-state index contributed by atoms with van der Waals surface area (Å²) >= 11 is 5.68. The van der Waals surface area contributed by atoms with E-state index in [1.165, 1.54) is 6.07 Å². The molecule has 0 fully saturated rings. The van der Waals surface area contributed by atoms with Crippen molar-refractivity contribution in [2.45, 2.75) is 19.3 Å². The molecule has 0 amide bonds. The summed E-state index contributed by atoms with van der Waals surface area (Å²) < 4.78 is 15.4. The number of Topliss-reactive ketones (excluding diaryl/α,β-unsaturated/α-hetero) is 1. The van der Waals surface area contributed by atoms with Crippen LogP contribution in [0, 0.1) is 5.82 Å². The van der Waals surface area contributed by atoms with E-state index in [1.54, 1.807) is 23.0 Å². The summed E-state index contributed by atoms with van der Waals surface area (Å²) in [6.07, 6.45) is 2.74. The average Bonchev–Trinajstić information content (AvgIpc) is 2.78. The molecule has 2 aromatic rings. The molecule has 100 valence electrons. The first-order chi connectivity index (χ1) is 9.08. The van der Waals surface area contributed by atoms with Crippen LogP contribution in [-0.4, -0.2) is 15.6 Å². The molecule has 5 heteroatoms. The molecule has 0 aliphatic carbocycles. The number of benzene rings is 1. The van der Waals surface area contributed by atoms with Gasteiger partial charge in [0.05, 0.1) is 5.02 Å². The Balaban J connectivity index is 1.95. The van der Waals surface area contributed by atoms with Gasteiger partial charge in [0.15, 0.2) is 0 Å². The fraction of sp³-hybridized carbons (Fsp3) is 0.286. The monoisotopic (exact) mass is 280 g/mol. The normalized spacial score (nSPS) is 10.7. The van der Waals surface area contributed by atoms with Crippen molar-refractivity contribution in [3.05, 3.63) is 52.6 Å². The van der Waals surface area contributed by atoms with E-state index >= 15 is 0 Å². The number of carbonyl (C=O) groups is 1. The summed E-state index contributed by atoms with van der Waals surface area (Å²) in [7, 11) is 1.83. The zero-order valence-electron chi connectivity index (χ0n) is 10.6. The minimum atomic E-state index is -0.502. The third kappa shape index (κ3) is 3.41. The van der Waals surface area contributed by atoms with Gasteiger partial charge in [0.2, 0.25) is 0 Å². The van der Waals surface area contributed by atoms with Gasteiger partial charge in [-0.3, -0.25) is 9.48 Å². The molecule has 1 aromatic carbocycles. The first-order valence-electron chi connectivity index (χ1n) is 5.99. The van der Waals surface area contributed by atoms with Crippen LogP contribution >= 0.6 is 11.6 Å². The third-order valence-corrected chi connectivity index (χ3v) is 3.29. The SMILES string of the molecule is Cn1nccc1CCC(=O)Cc1cccc(Cl)c1F. The largest absolute Gasteiger partial charge is 0.299 e. The molecule has 0 saturated carbocycles. The number of carbonyl (C=O) groups excluding carboxylic acids is 1. The second-order valence-electron chi connectivity index (χ2n) is 4.37. The molecule has 0 aliphatic heterocycles. The van der Waals surface area contributed by atoms with Gasteiger partial charge in [0.1, 0.15) is 11.6 Å². The van der Waals surface area contributed by atoms with Crippen molar-refractivity contribution < 1.29 is 9.18 Å². The Bertz CT molecular complexity index is 595. The maximum Gasteiger partial charge on any atom is 0.145 e. The van der Waals surface area contributed by atoms with Crippen molar-refractivity contribution in [3.63, 3.8) is 0 Å². The van der Waals surface area contributed by atoms with Gasteiger partial charge in [0, 0.05) is 31.8 Å². The smallest absolute Gasteiger partial charge is 0.145 e. The standard InChI is InChI=1S/C14H14ClFN2O/c1-18-11(7-8-17-18)5-6-12(19)9-10-3-2-4-13(15)14(10)16/h2-4,7-8H,5-6,9H2,1H3. The number of ketones is 1. The fourth-order valence-electron chi connectivity index (χ4n) is 1.90. The van der Waals surface area contributed by atoms with Gasteiger partial charge in [-0.05, 0) is 24.1 Å². The highest BCUT2D eigenvalue weighted by atomic mass is 35.5. The minimum Gasteiger partial charge on any atom is -0.299 e. The first-order valence-corrected chi connectivity index (χ1v) is 6.37. The second kappa shape index (κ2) is 5.97. The molecule has 19 heavy (non-hydrogen) atoms. The number of halogens is 2. The maximum absolute atomic E-state index is 13.6. The van der Waals surface area contributed by atoms with E-state index < -0.39 is 5.82 Å². The molecule has 0 unspecified atom stereocenters. The molecule has 0 saturated heterocycles. The van der Waals surface area contributed by atoms with Crippen molar-refractivity contribution >= 4 is 17.4 Å². The molecule has 0 bridgehead atoms. The van der Waals surface area contributed by atoms with Gasteiger partial charge >= 0.3 is 0 Å². The molecule has 0 spiro atoms. The molecule has 0 aliphatic rings. The summed E-state index contributed by atoms with van der Waals surface area (Å²) in [5, 5.41) is 4.08. The number of aromatic nitrogens is 2. The summed E-state index contributed by atoms with van der Waals surface area (Å²) in [6.45, 7) is 0. The van der Waals surface area contributed by atoms with Crippen LogP contribution < -0.4 is 0 Å². The summed E-state index contributed by atoms with van der Waals surface area (Å²) in [5.74, 6) is -0.514. The van der Waals surface area contributed by atoms with E-state index in [4.69, 9.17) is 11.6 Å². The predicted molar refractivity (Wildman–Crippen MR) is 71.7 cm³/mol. The molecule has 3 nitrogen and oxygen atoms in total. The number of hydrogen-bond acceptors (Lipinski definition) is 2. The van der Waals surface area contributed by atoms with Crippen LogP contribution in [-0.2, 0) is 24.7 Å². The number of aryl methyl sites for hydroxylation is 2. The lowest BCUT2D eigenvalue weighted by Crippen LogP contribution is -2.08. The van der Waals surface area contributed by atoms with Crippen molar-refractivity contribution in [2.24, 2.45) is 7.05 Å². The van der Waals surface area contributed by atoms with Gasteiger partial charge < -0.3 is 0 Å². The van der Waals surface area contributed by atoms with Crippen LogP contribution in [0.25, 0.3) is 0 Å². The molecule has 1 aromatic heterocycles. The molecule has 0 atom stereocenters. The zero-order chi connectivity index (χ0) is 13.8. The lowest BCUT2D eigenvalue weighted by Gasteiger charge is -2.04. The van der Waals surface area contributed by atoms with Crippen molar-refractivity contribution in [3.8, 4) is 0 Å². The topological polar surface area (TPSA) is 34.9 Å². The Morgan fingerprint density at radius 2 is 2.21 bits per heavy atom. The van der Waals surface area contributed by atoms with Crippen LogP contribution in [0.15, 0.2) is 30.5 Å². The highest BCUT2D eigenvalue weighted by Gasteiger charge is 2.11. The van der Waals surface area contributed by atoms with E-state index in [-0.39, 0.29) is 17.2 Å². The van der Waals surface area contributed by atoms with E-state index in [1.807, 2.05) is 13.1 Å². The van der Waals surface area contributed by atoms with Crippen LogP contribution in [0.1, 0.15) is 17.7 Å². The minimum absolute atomic E-state index is 0.0117. The van der Waals surface area contributed by atoms with Crippen LogP contribution in [0.3, 0.4) is 0 Å². The predicted octanol–water partition coefficient (Wildman–Crippen LogP) is 2.96. The highest BCUT2D eigenvalue weighted by Crippen LogP contribution is 2.18. The Morgan fingerprint density at radius 3 is 2.89 bits per heavy atom. The number of hydrogen-bond donors (Lipinski definition) is 0. The molecular weight excluding hydrogens is 267 g/mol. The highest BCUT2D eigenvalue weighted by molar-refractivity contribution is 6.30. The molecule has 0 radical (unpaired) electrons. The second-order valence-corrected chi connectivity index (χ2v) is 4.78. The fourth-order valence-corrected chi connectivity index (χ4v) is 2.09. The van der Waals surface area contributed by atoms with Gasteiger partial charge in [0.25, 0.3) is 0 Å². The average molecular weight is 281 g/mol. The van der Waals surface area contributed by atoms with E-state index in [0.29, 0.717) is 18.4 Å².